The van der Waals surface area contributed by atoms with Crippen molar-refractivity contribution in [3.05, 3.63) is 42.0 Å². The molecular formula is C18H20N2O4. The molecule has 0 radical (unpaired) electrons. The zero-order valence-electron chi connectivity index (χ0n) is 14.0. The Hall–Kier alpha value is -2.91. The second kappa shape index (κ2) is 8.65. The minimum atomic E-state index is 0.380. The summed E-state index contributed by atoms with van der Waals surface area (Å²) in [5.74, 6) is 1.80. The van der Waals surface area contributed by atoms with E-state index in [2.05, 4.69) is 11.4 Å². The number of hydrogen-bond acceptors (Lipinski definition) is 6. The van der Waals surface area contributed by atoms with Crippen LogP contribution in [0.2, 0.25) is 0 Å². The maximum atomic E-state index is 9.17. The van der Waals surface area contributed by atoms with Gasteiger partial charge in [0.15, 0.2) is 11.5 Å². The fraction of sp³-hybridized carbons (Fsp3) is 0.278. The van der Waals surface area contributed by atoms with Gasteiger partial charge in [0.05, 0.1) is 26.4 Å². The molecule has 6 heteroatoms. The highest BCUT2D eigenvalue weighted by Crippen LogP contribution is 2.32. The van der Waals surface area contributed by atoms with E-state index in [1.165, 1.54) is 0 Å². The lowest BCUT2D eigenvalue weighted by Gasteiger charge is -2.13. The van der Waals surface area contributed by atoms with Crippen molar-refractivity contribution in [3.8, 4) is 23.3 Å². The predicted octanol–water partition coefficient (Wildman–Crippen LogP) is 3.34. The summed E-state index contributed by atoms with van der Waals surface area (Å²) in [4.78, 5) is 0. The first kappa shape index (κ1) is 17.4. The summed E-state index contributed by atoms with van der Waals surface area (Å²) in [7, 11) is 4.78. The van der Waals surface area contributed by atoms with Crippen LogP contribution in [0, 0.1) is 11.3 Å². The standard InChI is InChI=1S/C18H20N2O4/c1-21-8-9-24-17-10-14(5-4-13(17)12-19)20-15-6-7-16(22-2)18(11-15)23-3/h4-7,10-11,20H,8-9H2,1-3H3. The largest absolute Gasteiger partial charge is 0.493 e. The quantitative estimate of drug-likeness (QED) is 0.749. The summed E-state index contributed by atoms with van der Waals surface area (Å²) in [6, 6.07) is 13.0. The molecular weight excluding hydrogens is 308 g/mol. The second-order valence-electron chi connectivity index (χ2n) is 4.86. The van der Waals surface area contributed by atoms with Crippen molar-refractivity contribution in [1.82, 2.24) is 0 Å². The highest BCUT2D eigenvalue weighted by atomic mass is 16.5. The molecule has 2 rings (SSSR count). The van der Waals surface area contributed by atoms with E-state index >= 15 is 0 Å². The number of nitrogens with one attached hydrogen (secondary N) is 1. The van der Waals surface area contributed by atoms with Crippen LogP contribution >= 0.6 is 0 Å². The Morgan fingerprint density at radius 2 is 1.54 bits per heavy atom. The van der Waals surface area contributed by atoms with E-state index < -0.39 is 0 Å². The van der Waals surface area contributed by atoms with Crippen molar-refractivity contribution < 1.29 is 18.9 Å². The zero-order valence-corrected chi connectivity index (χ0v) is 14.0. The van der Waals surface area contributed by atoms with Crippen molar-refractivity contribution in [2.75, 3.05) is 39.9 Å². The Kier molecular flexibility index (Phi) is 6.29. The van der Waals surface area contributed by atoms with Crippen LogP contribution in [0.3, 0.4) is 0 Å². The molecule has 0 aliphatic carbocycles. The van der Waals surface area contributed by atoms with Gasteiger partial charge in [0.25, 0.3) is 0 Å². The van der Waals surface area contributed by atoms with Crippen molar-refractivity contribution in [3.63, 3.8) is 0 Å². The minimum absolute atomic E-state index is 0.380. The minimum Gasteiger partial charge on any atom is -0.493 e. The van der Waals surface area contributed by atoms with Gasteiger partial charge in [-0.2, -0.15) is 5.26 Å². The van der Waals surface area contributed by atoms with Gasteiger partial charge in [-0.25, -0.2) is 0 Å². The molecule has 0 unspecified atom stereocenters. The number of nitriles is 1. The molecule has 6 nitrogen and oxygen atoms in total. The molecule has 2 aromatic rings. The molecule has 0 fully saturated rings. The third-order valence-corrected chi connectivity index (χ3v) is 3.32. The number of methoxy groups -OCH3 is 3. The number of benzene rings is 2. The molecule has 0 aromatic heterocycles. The molecule has 0 heterocycles. The molecule has 2 aromatic carbocycles. The molecule has 0 atom stereocenters. The van der Waals surface area contributed by atoms with Crippen LogP contribution in [0.15, 0.2) is 36.4 Å². The highest BCUT2D eigenvalue weighted by Gasteiger charge is 2.08. The maximum Gasteiger partial charge on any atom is 0.162 e. The molecule has 0 spiro atoms. The van der Waals surface area contributed by atoms with Crippen molar-refractivity contribution in [2.45, 2.75) is 0 Å². The Morgan fingerprint density at radius 3 is 2.17 bits per heavy atom. The second-order valence-corrected chi connectivity index (χ2v) is 4.86. The van der Waals surface area contributed by atoms with Crippen LogP contribution in [0.1, 0.15) is 5.56 Å². The summed E-state index contributed by atoms with van der Waals surface area (Å²) >= 11 is 0. The van der Waals surface area contributed by atoms with E-state index in [-0.39, 0.29) is 0 Å². The lowest BCUT2D eigenvalue weighted by Crippen LogP contribution is -2.05. The molecule has 1 N–H and O–H groups in total. The first-order chi connectivity index (χ1) is 11.7. The molecule has 0 aliphatic rings. The van der Waals surface area contributed by atoms with Crippen LogP contribution in [0.5, 0.6) is 17.2 Å². The van der Waals surface area contributed by atoms with Crippen LogP contribution < -0.4 is 19.5 Å². The average molecular weight is 328 g/mol. The summed E-state index contributed by atoms with van der Waals surface area (Å²) in [6.45, 7) is 0.837. The van der Waals surface area contributed by atoms with Gasteiger partial charge in [-0.1, -0.05) is 0 Å². The van der Waals surface area contributed by atoms with Gasteiger partial charge in [-0.05, 0) is 24.3 Å². The third kappa shape index (κ3) is 4.31. The molecule has 0 saturated carbocycles. The monoisotopic (exact) mass is 328 g/mol. The van der Waals surface area contributed by atoms with Crippen LogP contribution in [0.25, 0.3) is 0 Å². The van der Waals surface area contributed by atoms with Crippen molar-refractivity contribution >= 4 is 11.4 Å². The van der Waals surface area contributed by atoms with E-state index in [9.17, 15) is 0 Å². The maximum absolute atomic E-state index is 9.17. The van der Waals surface area contributed by atoms with Gasteiger partial charge >= 0.3 is 0 Å². The summed E-state index contributed by atoms with van der Waals surface area (Å²) in [6.07, 6.45) is 0. The Bertz CT molecular complexity index is 725. The Balaban J connectivity index is 2.20. The van der Waals surface area contributed by atoms with Crippen molar-refractivity contribution in [1.29, 1.82) is 5.26 Å². The molecule has 0 aliphatic heterocycles. The molecule has 24 heavy (non-hydrogen) atoms. The smallest absolute Gasteiger partial charge is 0.162 e. The van der Waals surface area contributed by atoms with Gasteiger partial charge in [0.2, 0.25) is 0 Å². The summed E-state index contributed by atoms with van der Waals surface area (Å²) in [5, 5.41) is 12.4. The topological polar surface area (TPSA) is 72.7 Å². The Labute approximate surface area is 141 Å². The van der Waals surface area contributed by atoms with Gasteiger partial charge < -0.3 is 24.3 Å². The van der Waals surface area contributed by atoms with Gasteiger partial charge in [0.1, 0.15) is 18.4 Å². The lowest BCUT2D eigenvalue weighted by atomic mass is 10.2. The first-order valence-electron chi connectivity index (χ1n) is 7.36. The van der Waals surface area contributed by atoms with Crippen LogP contribution in [0.4, 0.5) is 11.4 Å². The molecule has 0 saturated heterocycles. The zero-order chi connectivity index (χ0) is 17.4. The number of nitrogens with zero attached hydrogens (tertiary/aromatic N) is 1. The third-order valence-electron chi connectivity index (χ3n) is 3.32. The lowest BCUT2D eigenvalue weighted by molar-refractivity contribution is 0.146. The van der Waals surface area contributed by atoms with Crippen molar-refractivity contribution in [2.24, 2.45) is 0 Å². The average Bonchev–Trinajstić information content (AvgIpc) is 2.62. The normalized spacial score (nSPS) is 9.92. The Morgan fingerprint density at radius 1 is 0.875 bits per heavy atom. The van der Waals surface area contributed by atoms with E-state index in [1.807, 2.05) is 24.3 Å². The van der Waals surface area contributed by atoms with E-state index in [0.717, 1.165) is 11.4 Å². The SMILES string of the molecule is COCCOc1cc(Nc2ccc(OC)c(OC)c2)ccc1C#N. The number of rotatable bonds is 8. The number of anilines is 2. The van der Waals surface area contributed by atoms with Crippen LogP contribution in [-0.2, 0) is 4.74 Å². The number of ether oxygens (including phenoxy) is 4. The fourth-order valence-corrected chi connectivity index (χ4v) is 2.13. The van der Waals surface area contributed by atoms with Crippen LogP contribution in [-0.4, -0.2) is 34.5 Å². The number of hydrogen-bond donors (Lipinski definition) is 1. The van der Waals surface area contributed by atoms with E-state index in [1.54, 1.807) is 33.5 Å². The molecule has 126 valence electrons. The summed E-state index contributed by atoms with van der Waals surface area (Å²) in [5.41, 5.74) is 2.11. The van der Waals surface area contributed by atoms with Gasteiger partial charge in [-0.3, -0.25) is 0 Å². The molecule has 0 bridgehead atoms. The van der Waals surface area contributed by atoms with E-state index in [4.69, 9.17) is 24.2 Å². The molecule has 0 amide bonds. The highest BCUT2D eigenvalue weighted by molar-refractivity contribution is 5.66. The first-order valence-corrected chi connectivity index (χ1v) is 7.36. The van der Waals surface area contributed by atoms with E-state index in [0.29, 0.717) is 36.0 Å². The fourth-order valence-electron chi connectivity index (χ4n) is 2.13. The summed E-state index contributed by atoms with van der Waals surface area (Å²) < 4.78 is 21.1. The van der Waals surface area contributed by atoms with Gasteiger partial charge in [-0.15, -0.1) is 0 Å². The predicted molar refractivity (Wildman–Crippen MR) is 91.4 cm³/mol. The van der Waals surface area contributed by atoms with Gasteiger partial charge in [0, 0.05) is 30.6 Å².